The SMILES string of the molecule is COC[C@@H](C)NC(=O)CSc1nc2ccccc2c2nc(C)nn12. The summed E-state index contributed by atoms with van der Waals surface area (Å²) in [5, 5.41) is 8.88. The van der Waals surface area contributed by atoms with Crippen LogP contribution in [0.5, 0.6) is 0 Å². The highest BCUT2D eigenvalue weighted by atomic mass is 32.2. The summed E-state index contributed by atoms with van der Waals surface area (Å²) in [5.74, 6) is 0.866. The topological polar surface area (TPSA) is 81.4 Å². The van der Waals surface area contributed by atoms with Gasteiger partial charge in [-0.1, -0.05) is 23.9 Å². The average molecular weight is 345 g/mol. The van der Waals surface area contributed by atoms with Crippen molar-refractivity contribution in [2.24, 2.45) is 0 Å². The third-order valence-electron chi connectivity index (χ3n) is 3.41. The zero-order chi connectivity index (χ0) is 17.1. The van der Waals surface area contributed by atoms with Crippen LogP contribution < -0.4 is 5.32 Å². The van der Waals surface area contributed by atoms with Crippen LogP contribution in [0.3, 0.4) is 0 Å². The maximum atomic E-state index is 12.0. The summed E-state index contributed by atoms with van der Waals surface area (Å²) in [6, 6.07) is 7.76. The van der Waals surface area contributed by atoms with Gasteiger partial charge in [-0.2, -0.15) is 4.52 Å². The van der Waals surface area contributed by atoms with Crippen LogP contribution in [0, 0.1) is 6.92 Å². The number of methoxy groups -OCH3 is 1. The van der Waals surface area contributed by atoms with E-state index in [4.69, 9.17) is 4.74 Å². The first kappa shape index (κ1) is 16.7. The van der Waals surface area contributed by atoms with E-state index in [0.29, 0.717) is 17.6 Å². The van der Waals surface area contributed by atoms with Gasteiger partial charge in [0, 0.05) is 18.5 Å². The van der Waals surface area contributed by atoms with Crippen molar-refractivity contribution < 1.29 is 9.53 Å². The molecule has 2 heterocycles. The van der Waals surface area contributed by atoms with Crippen LogP contribution in [0.25, 0.3) is 16.6 Å². The predicted molar refractivity (Wildman–Crippen MR) is 93.2 cm³/mol. The number of amides is 1. The third-order valence-corrected chi connectivity index (χ3v) is 4.34. The summed E-state index contributed by atoms with van der Waals surface area (Å²) in [5.41, 5.74) is 1.60. The molecule has 0 saturated heterocycles. The molecule has 1 aromatic carbocycles. The van der Waals surface area contributed by atoms with Crippen molar-refractivity contribution in [2.75, 3.05) is 19.5 Å². The normalized spacial score (nSPS) is 12.6. The Hall–Kier alpha value is -2.19. The Labute approximate surface area is 143 Å². The van der Waals surface area contributed by atoms with E-state index in [1.54, 1.807) is 11.6 Å². The van der Waals surface area contributed by atoms with Gasteiger partial charge in [0.05, 0.1) is 17.9 Å². The van der Waals surface area contributed by atoms with Crippen LogP contribution in [0.4, 0.5) is 0 Å². The smallest absolute Gasteiger partial charge is 0.230 e. The number of rotatable bonds is 6. The molecule has 1 atom stereocenters. The number of carbonyl (C=O) groups is 1. The van der Waals surface area contributed by atoms with Crippen LogP contribution in [-0.2, 0) is 9.53 Å². The molecule has 0 bridgehead atoms. The number of benzene rings is 1. The minimum atomic E-state index is -0.0653. The van der Waals surface area contributed by atoms with E-state index < -0.39 is 0 Å². The van der Waals surface area contributed by atoms with Crippen molar-refractivity contribution in [2.45, 2.75) is 25.0 Å². The van der Waals surface area contributed by atoms with Gasteiger partial charge in [-0.25, -0.2) is 9.97 Å². The van der Waals surface area contributed by atoms with Gasteiger partial charge >= 0.3 is 0 Å². The van der Waals surface area contributed by atoms with Gasteiger partial charge in [0.1, 0.15) is 5.82 Å². The second-order valence-corrected chi connectivity index (χ2v) is 6.46. The molecule has 3 rings (SSSR count). The second-order valence-electron chi connectivity index (χ2n) is 5.52. The molecule has 0 radical (unpaired) electrons. The zero-order valence-corrected chi connectivity index (χ0v) is 14.6. The van der Waals surface area contributed by atoms with Crippen LogP contribution in [-0.4, -0.2) is 51.0 Å². The highest BCUT2D eigenvalue weighted by molar-refractivity contribution is 7.99. The first-order valence-electron chi connectivity index (χ1n) is 7.61. The van der Waals surface area contributed by atoms with Crippen LogP contribution in [0.1, 0.15) is 12.7 Å². The Morgan fingerprint density at radius 2 is 2.17 bits per heavy atom. The number of para-hydroxylation sites is 1. The number of fused-ring (bicyclic) bond motifs is 3. The minimum Gasteiger partial charge on any atom is -0.383 e. The van der Waals surface area contributed by atoms with Gasteiger partial charge in [0.25, 0.3) is 0 Å². The molecule has 0 aliphatic heterocycles. The molecule has 126 valence electrons. The van der Waals surface area contributed by atoms with Crippen LogP contribution in [0.2, 0.25) is 0 Å². The van der Waals surface area contributed by atoms with Crippen molar-refractivity contribution in [3.05, 3.63) is 30.1 Å². The summed E-state index contributed by atoms with van der Waals surface area (Å²) in [6.45, 7) is 4.23. The summed E-state index contributed by atoms with van der Waals surface area (Å²) in [7, 11) is 1.61. The number of ether oxygens (including phenoxy) is 1. The van der Waals surface area contributed by atoms with Crippen molar-refractivity contribution >= 4 is 34.2 Å². The van der Waals surface area contributed by atoms with Gasteiger partial charge in [0.2, 0.25) is 5.91 Å². The third kappa shape index (κ3) is 3.49. The number of aryl methyl sites for hydroxylation is 1. The summed E-state index contributed by atoms with van der Waals surface area (Å²) >= 11 is 1.34. The lowest BCUT2D eigenvalue weighted by molar-refractivity contribution is -0.119. The van der Waals surface area contributed by atoms with Crippen LogP contribution >= 0.6 is 11.8 Å². The number of carbonyl (C=O) groups excluding carboxylic acids is 1. The highest BCUT2D eigenvalue weighted by Gasteiger charge is 2.14. The average Bonchev–Trinajstić information content (AvgIpc) is 2.94. The number of thioether (sulfide) groups is 1. The molecule has 8 heteroatoms. The number of nitrogens with zero attached hydrogens (tertiary/aromatic N) is 4. The number of hydrogen-bond acceptors (Lipinski definition) is 6. The quantitative estimate of drug-likeness (QED) is 0.542. The monoisotopic (exact) mass is 345 g/mol. The van der Waals surface area contributed by atoms with E-state index in [9.17, 15) is 4.79 Å². The Balaban J connectivity index is 1.84. The number of nitrogens with one attached hydrogen (secondary N) is 1. The molecular formula is C16H19N5O2S. The summed E-state index contributed by atoms with van der Waals surface area (Å²) < 4.78 is 6.72. The Morgan fingerprint density at radius 1 is 1.38 bits per heavy atom. The minimum absolute atomic E-state index is 0.0266. The van der Waals surface area contributed by atoms with E-state index in [1.165, 1.54) is 11.8 Å². The zero-order valence-electron chi connectivity index (χ0n) is 13.8. The van der Waals surface area contributed by atoms with Gasteiger partial charge < -0.3 is 10.1 Å². The van der Waals surface area contributed by atoms with E-state index >= 15 is 0 Å². The van der Waals surface area contributed by atoms with Gasteiger partial charge in [-0.3, -0.25) is 4.79 Å². The molecule has 24 heavy (non-hydrogen) atoms. The Morgan fingerprint density at radius 3 is 2.96 bits per heavy atom. The lowest BCUT2D eigenvalue weighted by atomic mass is 10.2. The van der Waals surface area contributed by atoms with Gasteiger partial charge in [-0.15, -0.1) is 5.10 Å². The molecule has 7 nitrogen and oxygen atoms in total. The van der Waals surface area contributed by atoms with Crippen molar-refractivity contribution in [3.8, 4) is 0 Å². The molecule has 0 aliphatic carbocycles. The van der Waals surface area contributed by atoms with E-state index in [1.807, 2.05) is 38.1 Å². The Bertz CT molecular complexity index is 879. The maximum absolute atomic E-state index is 12.0. The lowest BCUT2D eigenvalue weighted by Gasteiger charge is -2.12. The van der Waals surface area contributed by atoms with Crippen molar-refractivity contribution in [1.29, 1.82) is 0 Å². The first-order valence-corrected chi connectivity index (χ1v) is 8.60. The molecule has 0 unspecified atom stereocenters. The fraction of sp³-hybridized carbons (Fsp3) is 0.375. The molecule has 3 aromatic rings. The molecular weight excluding hydrogens is 326 g/mol. The predicted octanol–water partition coefficient (Wildman–Crippen LogP) is 1.83. The number of hydrogen-bond donors (Lipinski definition) is 1. The second kappa shape index (κ2) is 7.14. The fourth-order valence-electron chi connectivity index (χ4n) is 2.47. The number of aromatic nitrogens is 4. The van der Waals surface area contributed by atoms with Crippen LogP contribution in [0.15, 0.2) is 29.4 Å². The molecule has 1 amide bonds. The van der Waals surface area contributed by atoms with Gasteiger partial charge in [0.15, 0.2) is 10.8 Å². The van der Waals surface area contributed by atoms with E-state index in [-0.39, 0.29) is 17.7 Å². The molecule has 0 spiro atoms. The van der Waals surface area contributed by atoms with Crippen molar-refractivity contribution in [3.63, 3.8) is 0 Å². The maximum Gasteiger partial charge on any atom is 0.230 e. The van der Waals surface area contributed by atoms with E-state index in [2.05, 4.69) is 20.4 Å². The Kier molecular flexibility index (Phi) is 4.96. The molecule has 1 N–H and O–H groups in total. The largest absolute Gasteiger partial charge is 0.383 e. The highest BCUT2D eigenvalue weighted by Crippen LogP contribution is 2.23. The first-order chi connectivity index (χ1) is 11.6. The van der Waals surface area contributed by atoms with E-state index in [0.717, 1.165) is 16.6 Å². The molecule has 0 aliphatic rings. The fourth-order valence-corrected chi connectivity index (χ4v) is 3.22. The van der Waals surface area contributed by atoms with Crippen molar-refractivity contribution in [1.82, 2.24) is 24.9 Å². The molecule has 0 saturated carbocycles. The standard InChI is InChI=1S/C16H19N5O2S/c1-10(8-23-3)17-14(22)9-24-16-19-13-7-5-4-6-12(13)15-18-11(2)20-21(15)16/h4-7,10H,8-9H2,1-3H3,(H,17,22)/t10-/m1/s1. The van der Waals surface area contributed by atoms with Gasteiger partial charge in [-0.05, 0) is 26.0 Å². The molecule has 2 aromatic heterocycles. The lowest BCUT2D eigenvalue weighted by Crippen LogP contribution is -2.36. The summed E-state index contributed by atoms with van der Waals surface area (Å²) in [4.78, 5) is 21.2. The molecule has 0 fully saturated rings. The summed E-state index contributed by atoms with van der Waals surface area (Å²) in [6.07, 6.45) is 0.